The molecule has 0 bridgehead atoms. The Balaban J connectivity index is 2.24. The largest absolute Gasteiger partial charge is 0.493 e. The number of nitrogens with zero attached hydrogens (tertiary/aromatic N) is 3. The molecule has 8 nitrogen and oxygen atoms in total. The minimum Gasteiger partial charge on any atom is -0.493 e. The number of halogens is 2. The molecule has 0 aliphatic heterocycles. The molecule has 0 saturated carbocycles. The van der Waals surface area contributed by atoms with Crippen molar-refractivity contribution in [3.8, 4) is 11.5 Å². The van der Waals surface area contributed by atoms with E-state index in [2.05, 4.69) is 9.84 Å². The number of allylic oxidation sites excluding steroid dienone is 1. The summed E-state index contributed by atoms with van der Waals surface area (Å²) in [7, 11) is 2.74. The van der Waals surface area contributed by atoms with Crippen molar-refractivity contribution < 1.29 is 28.0 Å². The Kier molecular flexibility index (Phi) is 5.42. The number of methoxy groups -OCH3 is 1. The maximum Gasteiger partial charge on any atom is 0.387 e. The smallest absolute Gasteiger partial charge is 0.387 e. The van der Waals surface area contributed by atoms with Gasteiger partial charge in [0.05, 0.1) is 12.0 Å². The highest BCUT2D eigenvalue weighted by Gasteiger charge is 2.23. The average molecular weight is 353 g/mol. The summed E-state index contributed by atoms with van der Waals surface area (Å²) in [5.74, 6) is -0.765. The molecule has 2 rings (SSSR count). The maximum atomic E-state index is 12.3. The Bertz CT molecular complexity index is 833. The summed E-state index contributed by atoms with van der Waals surface area (Å²) in [6, 6.07) is 4.07. The molecule has 1 heterocycles. The first-order chi connectivity index (χ1) is 11.8. The van der Waals surface area contributed by atoms with Gasteiger partial charge in [-0.1, -0.05) is 12.1 Å². The maximum absolute atomic E-state index is 12.3. The van der Waals surface area contributed by atoms with Crippen molar-refractivity contribution in [2.24, 2.45) is 7.05 Å². The number of aryl methyl sites for hydroxylation is 1. The van der Waals surface area contributed by atoms with E-state index in [1.54, 1.807) is 0 Å². The van der Waals surface area contributed by atoms with Crippen LogP contribution >= 0.6 is 0 Å². The summed E-state index contributed by atoms with van der Waals surface area (Å²) in [4.78, 5) is 22.3. The van der Waals surface area contributed by atoms with E-state index in [1.165, 1.54) is 43.1 Å². The molecule has 0 fully saturated rings. The number of aromatic nitrogens is 2. The van der Waals surface area contributed by atoms with Crippen LogP contribution in [0.3, 0.4) is 0 Å². The Morgan fingerprint density at radius 2 is 2.12 bits per heavy atom. The van der Waals surface area contributed by atoms with Gasteiger partial charge in [0.1, 0.15) is 6.20 Å². The number of alkyl halides is 2. The summed E-state index contributed by atoms with van der Waals surface area (Å²) in [6.07, 6.45) is 3.58. The van der Waals surface area contributed by atoms with Gasteiger partial charge in [0.15, 0.2) is 11.5 Å². The standard InChI is InChI=1S/C15H13F2N3O5/c1-19-8-10(20(22)23)14(18-19)11(21)5-3-9-4-6-12(25-15(16)17)13(7-9)24-2/h3-8,15H,1-2H3/b5-3+. The molecule has 1 aromatic carbocycles. The molecule has 0 aliphatic carbocycles. The highest BCUT2D eigenvalue weighted by atomic mass is 19.3. The third-order valence-electron chi connectivity index (χ3n) is 3.07. The molecule has 0 aliphatic rings. The first kappa shape index (κ1) is 18.0. The lowest BCUT2D eigenvalue weighted by molar-refractivity contribution is -0.385. The van der Waals surface area contributed by atoms with E-state index in [0.717, 1.165) is 12.3 Å². The summed E-state index contributed by atoms with van der Waals surface area (Å²) in [5.41, 5.74) is -0.255. The molecule has 0 atom stereocenters. The van der Waals surface area contributed by atoms with Crippen LogP contribution in [-0.2, 0) is 7.05 Å². The van der Waals surface area contributed by atoms with Gasteiger partial charge < -0.3 is 9.47 Å². The minimum atomic E-state index is -3.00. The Morgan fingerprint density at radius 3 is 2.72 bits per heavy atom. The lowest BCUT2D eigenvalue weighted by atomic mass is 10.1. The van der Waals surface area contributed by atoms with Crippen molar-refractivity contribution >= 4 is 17.5 Å². The van der Waals surface area contributed by atoms with Crippen LogP contribution in [0.15, 0.2) is 30.5 Å². The Labute approximate surface area is 140 Å². The minimum absolute atomic E-state index is 0.0544. The van der Waals surface area contributed by atoms with E-state index in [-0.39, 0.29) is 17.2 Å². The van der Waals surface area contributed by atoms with E-state index < -0.39 is 23.0 Å². The second kappa shape index (κ2) is 7.51. The monoisotopic (exact) mass is 353 g/mol. The Morgan fingerprint density at radius 1 is 1.40 bits per heavy atom. The number of carbonyl (C=O) groups excluding carboxylic acids is 1. The first-order valence-corrected chi connectivity index (χ1v) is 6.85. The van der Waals surface area contributed by atoms with Gasteiger partial charge in [-0.25, -0.2) is 0 Å². The molecule has 25 heavy (non-hydrogen) atoms. The van der Waals surface area contributed by atoms with Gasteiger partial charge in [0.2, 0.25) is 11.5 Å². The zero-order valence-corrected chi connectivity index (χ0v) is 13.2. The number of carbonyl (C=O) groups is 1. The molecule has 132 valence electrons. The molecule has 0 spiro atoms. The predicted molar refractivity (Wildman–Crippen MR) is 82.9 cm³/mol. The van der Waals surface area contributed by atoms with Crippen LogP contribution in [0.5, 0.6) is 11.5 Å². The SMILES string of the molecule is COc1cc(/C=C/C(=O)c2nn(C)cc2[N+](=O)[O-])ccc1OC(F)F. The molecular formula is C15H13F2N3O5. The van der Waals surface area contributed by atoms with E-state index in [9.17, 15) is 23.7 Å². The van der Waals surface area contributed by atoms with Crippen LogP contribution in [0.4, 0.5) is 14.5 Å². The van der Waals surface area contributed by atoms with Crippen molar-refractivity contribution in [3.05, 3.63) is 51.8 Å². The molecule has 0 saturated heterocycles. The quantitative estimate of drug-likeness (QED) is 0.329. The number of benzene rings is 1. The lowest BCUT2D eigenvalue weighted by Crippen LogP contribution is -2.03. The van der Waals surface area contributed by atoms with E-state index in [4.69, 9.17) is 4.74 Å². The Hall–Kier alpha value is -3.30. The van der Waals surface area contributed by atoms with Gasteiger partial charge in [-0.15, -0.1) is 0 Å². The highest BCUT2D eigenvalue weighted by molar-refractivity contribution is 6.08. The topological polar surface area (TPSA) is 96.5 Å². The average Bonchev–Trinajstić information content (AvgIpc) is 2.95. The van der Waals surface area contributed by atoms with Gasteiger partial charge in [0, 0.05) is 7.05 Å². The molecule has 0 unspecified atom stereocenters. The highest BCUT2D eigenvalue weighted by Crippen LogP contribution is 2.30. The van der Waals surface area contributed by atoms with E-state index >= 15 is 0 Å². The van der Waals surface area contributed by atoms with Crippen LogP contribution in [0.2, 0.25) is 0 Å². The van der Waals surface area contributed by atoms with Gasteiger partial charge in [-0.3, -0.25) is 19.6 Å². The molecule has 10 heteroatoms. The van der Waals surface area contributed by atoms with Crippen molar-refractivity contribution in [1.82, 2.24) is 9.78 Å². The third kappa shape index (κ3) is 4.37. The number of hydrogen-bond acceptors (Lipinski definition) is 6. The van der Waals surface area contributed by atoms with Crippen LogP contribution in [-0.4, -0.2) is 34.2 Å². The van der Waals surface area contributed by atoms with E-state index in [0.29, 0.717) is 5.56 Å². The molecule has 0 amide bonds. The summed E-state index contributed by atoms with van der Waals surface area (Å²) >= 11 is 0. The summed E-state index contributed by atoms with van der Waals surface area (Å²) < 4.78 is 35.0. The number of ketones is 1. The fourth-order valence-corrected chi connectivity index (χ4v) is 2.02. The molecule has 0 radical (unpaired) electrons. The summed E-state index contributed by atoms with van der Waals surface area (Å²) in [5, 5.41) is 14.7. The van der Waals surface area contributed by atoms with Crippen LogP contribution < -0.4 is 9.47 Å². The van der Waals surface area contributed by atoms with Gasteiger partial charge in [0.25, 0.3) is 0 Å². The van der Waals surface area contributed by atoms with Gasteiger partial charge in [-0.2, -0.15) is 13.9 Å². The van der Waals surface area contributed by atoms with Crippen molar-refractivity contribution in [2.45, 2.75) is 6.61 Å². The zero-order valence-electron chi connectivity index (χ0n) is 13.2. The number of rotatable bonds is 7. The van der Waals surface area contributed by atoms with Crippen molar-refractivity contribution in [2.75, 3.05) is 7.11 Å². The van der Waals surface area contributed by atoms with Gasteiger partial charge >= 0.3 is 12.3 Å². The molecule has 0 N–H and O–H groups in total. The van der Waals surface area contributed by atoms with Crippen LogP contribution in [0, 0.1) is 10.1 Å². The first-order valence-electron chi connectivity index (χ1n) is 6.85. The van der Waals surface area contributed by atoms with Gasteiger partial charge in [-0.05, 0) is 23.8 Å². The molecular weight excluding hydrogens is 340 g/mol. The van der Waals surface area contributed by atoms with Crippen LogP contribution in [0.25, 0.3) is 6.08 Å². The number of hydrogen-bond donors (Lipinski definition) is 0. The number of nitro groups is 1. The van der Waals surface area contributed by atoms with E-state index in [1.807, 2.05) is 0 Å². The van der Waals surface area contributed by atoms with Crippen molar-refractivity contribution in [3.63, 3.8) is 0 Å². The van der Waals surface area contributed by atoms with Crippen LogP contribution in [0.1, 0.15) is 16.1 Å². The second-order valence-corrected chi connectivity index (χ2v) is 4.78. The molecule has 2 aromatic rings. The number of ether oxygens (including phenoxy) is 2. The fourth-order valence-electron chi connectivity index (χ4n) is 2.02. The normalized spacial score (nSPS) is 11.1. The zero-order chi connectivity index (χ0) is 18.6. The lowest BCUT2D eigenvalue weighted by Gasteiger charge is -2.10. The predicted octanol–water partition coefficient (Wildman–Crippen LogP) is 2.83. The summed E-state index contributed by atoms with van der Waals surface area (Å²) in [6.45, 7) is -3.00. The molecule has 1 aromatic heterocycles. The van der Waals surface area contributed by atoms with Crippen molar-refractivity contribution in [1.29, 1.82) is 0 Å². The third-order valence-corrected chi connectivity index (χ3v) is 3.07. The fraction of sp³-hybridized carbons (Fsp3) is 0.200. The second-order valence-electron chi connectivity index (χ2n) is 4.78.